The largest absolute Gasteiger partial charge is 0.484 e. The summed E-state index contributed by atoms with van der Waals surface area (Å²) >= 11 is 0. The van der Waals surface area contributed by atoms with E-state index in [4.69, 9.17) is 14.2 Å². The van der Waals surface area contributed by atoms with Crippen LogP contribution in [-0.2, 0) is 20.4 Å². The van der Waals surface area contributed by atoms with Crippen LogP contribution in [0.2, 0.25) is 0 Å². The van der Waals surface area contributed by atoms with Crippen LogP contribution in [0.4, 0.5) is 24.5 Å². The predicted molar refractivity (Wildman–Crippen MR) is 148 cm³/mol. The Morgan fingerprint density at radius 1 is 1.05 bits per heavy atom. The molecule has 0 radical (unpaired) electrons. The number of hydrogen-bond donors (Lipinski definition) is 2. The first-order chi connectivity index (χ1) is 20.1. The van der Waals surface area contributed by atoms with Crippen molar-refractivity contribution in [1.29, 1.82) is 0 Å². The molecule has 2 fully saturated rings. The fraction of sp³-hybridized carbons (Fsp3) is 0.387. The lowest BCUT2D eigenvalue weighted by atomic mass is 9.73. The monoisotopic (exact) mass is 581 g/mol. The fourth-order valence-corrected chi connectivity index (χ4v) is 6.14. The molecule has 1 spiro atoms. The van der Waals surface area contributed by atoms with E-state index in [1.807, 2.05) is 31.2 Å². The molecule has 3 aliphatic rings. The summed E-state index contributed by atoms with van der Waals surface area (Å²) in [5, 5.41) is 5.77. The molecule has 2 saturated heterocycles. The summed E-state index contributed by atoms with van der Waals surface area (Å²) in [6.07, 6.45) is -1.75. The summed E-state index contributed by atoms with van der Waals surface area (Å²) in [4.78, 5) is 29.7. The van der Waals surface area contributed by atoms with E-state index in [0.29, 0.717) is 56.4 Å². The molecule has 2 N–H and O–H groups in total. The molecular weight excluding hydrogens is 551 g/mol. The van der Waals surface area contributed by atoms with Crippen LogP contribution >= 0.6 is 0 Å². The van der Waals surface area contributed by atoms with Crippen LogP contribution in [-0.4, -0.2) is 48.8 Å². The van der Waals surface area contributed by atoms with E-state index in [2.05, 4.69) is 15.6 Å². The minimum absolute atomic E-state index is 0.0482. The highest BCUT2D eigenvalue weighted by molar-refractivity contribution is 6.04. The number of alkyl halides is 3. The molecule has 0 aliphatic carbocycles. The van der Waals surface area contributed by atoms with Gasteiger partial charge in [0.2, 0.25) is 5.91 Å². The van der Waals surface area contributed by atoms with E-state index in [9.17, 15) is 22.8 Å². The zero-order chi connectivity index (χ0) is 29.5. The van der Waals surface area contributed by atoms with E-state index in [1.54, 1.807) is 12.1 Å². The van der Waals surface area contributed by atoms with E-state index in [1.165, 1.54) is 6.07 Å². The Kier molecular flexibility index (Phi) is 7.40. The van der Waals surface area contributed by atoms with Crippen LogP contribution in [0, 0.1) is 18.8 Å². The van der Waals surface area contributed by atoms with E-state index >= 15 is 0 Å². The van der Waals surface area contributed by atoms with Gasteiger partial charge in [0.25, 0.3) is 5.91 Å². The Bertz CT molecular complexity index is 1510. The number of nitrogens with one attached hydrogen (secondary N) is 2. The number of pyridine rings is 1. The van der Waals surface area contributed by atoms with Crippen molar-refractivity contribution in [2.45, 2.75) is 38.0 Å². The average molecular weight is 582 g/mol. The lowest BCUT2D eigenvalue weighted by Gasteiger charge is -2.43. The number of halogens is 3. The Labute approximate surface area is 240 Å². The Morgan fingerprint density at radius 3 is 2.60 bits per heavy atom. The molecule has 0 bridgehead atoms. The first kappa shape index (κ1) is 28.2. The van der Waals surface area contributed by atoms with Gasteiger partial charge in [-0.05, 0) is 72.4 Å². The van der Waals surface area contributed by atoms with Crippen molar-refractivity contribution in [3.05, 3.63) is 71.5 Å². The second-order valence-corrected chi connectivity index (χ2v) is 11.0. The smallest absolute Gasteiger partial charge is 0.433 e. The molecule has 2 atom stereocenters. The van der Waals surface area contributed by atoms with Gasteiger partial charge in [0.05, 0.1) is 31.4 Å². The molecule has 0 saturated carbocycles. The number of anilines is 2. The number of rotatable bonds is 4. The second-order valence-electron chi connectivity index (χ2n) is 11.0. The number of carbonyl (C=O) groups is 2. The summed E-state index contributed by atoms with van der Waals surface area (Å²) in [5.74, 6) is -0.550. The number of fused-ring (bicyclic) bond motifs is 1. The lowest BCUT2D eigenvalue weighted by Crippen LogP contribution is -2.54. The van der Waals surface area contributed by atoms with Crippen molar-refractivity contribution in [2.24, 2.45) is 11.8 Å². The third-order valence-corrected chi connectivity index (χ3v) is 8.30. The first-order valence-electron chi connectivity index (χ1n) is 13.9. The zero-order valence-corrected chi connectivity index (χ0v) is 22.9. The summed E-state index contributed by atoms with van der Waals surface area (Å²) < 4.78 is 57.3. The first-order valence-corrected chi connectivity index (χ1v) is 13.9. The maximum atomic E-state index is 13.6. The molecule has 2 amide bonds. The summed E-state index contributed by atoms with van der Waals surface area (Å²) in [6.45, 7) is 4.05. The van der Waals surface area contributed by atoms with Gasteiger partial charge in [0.15, 0.2) is 0 Å². The quantitative estimate of drug-likeness (QED) is 0.401. The molecule has 2 aromatic carbocycles. The summed E-state index contributed by atoms with van der Waals surface area (Å²) in [7, 11) is 0. The molecule has 3 aromatic rings. The topological polar surface area (TPSA) is 98.8 Å². The van der Waals surface area contributed by atoms with E-state index in [0.717, 1.165) is 35.4 Å². The summed E-state index contributed by atoms with van der Waals surface area (Å²) in [5.41, 5.74) is 1.48. The maximum Gasteiger partial charge on any atom is 0.433 e. The molecule has 8 nitrogen and oxygen atoms in total. The molecule has 3 aliphatic heterocycles. The highest BCUT2D eigenvalue weighted by Gasteiger charge is 2.52. The Balaban J connectivity index is 1.30. The lowest BCUT2D eigenvalue weighted by molar-refractivity contribution is -0.141. The van der Waals surface area contributed by atoms with Gasteiger partial charge in [0.1, 0.15) is 17.0 Å². The average Bonchev–Trinajstić information content (AvgIpc) is 3.46. The van der Waals surface area contributed by atoms with Crippen molar-refractivity contribution in [1.82, 2.24) is 4.98 Å². The van der Waals surface area contributed by atoms with Gasteiger partial charge in [-0.15, -0.1) is 0 Å². The molecule has 1 aromatic heterocycles. The third-order valence-electron chi connectivity index (χ3n) is 8.30. The highest BCUT2D eigenvalue weighted by atomic mass is 19.4. The van der Waals surface area contributed by atoms with Crippen molar-refractivity contribution < 1.29 is 37.0 Å². The number of benzene rings is 2. The van der Waals surface area contributed by atoms with Gasteiger partial charge in [0, 0.05) is 36.9 Å². The molecular formula is C31H30F3N3O5. The van der Waals surface area contributed by atoms with Crippen molar-refractivity contribution in [3.8, 4) is 16.9 Å². The van der Waals surface area contributed by atoms with Crippen molar-refractivity contribution in [2.75, 3.05) is 37.1 Å². The van der Waals surface area contributed by atoms with E-state index < -0.39 is 23.4 Å². The standard InChI is InChI=1S/C31H30F3N3O5/c1-18-2-4-22(36-28(38)20-6-10-35-26(15-20)31(32,33)34)16-23(18)19-3-5-24-25(14-19)42-30(8-12-40-13-9-30)27(29(39)37-24)21-7-11-41-17-21/h2-6,10,14-16,21,27H,7-9,11-13,17H2,1H3,(H,36,38)(H,37,39)/t21-,27+/m1/s1. The Hall–Kier alpha value is -3.96. The number of amides is 2. The number of aromatic nitrogens is 1. The number of nitrogens with zero attached hydrogens (tertiary/aromatic N) is 1. The van der Waals surface area contributed by atoms with Crippen LogP contribution < -0.4 is 15.4 Å². The van der Waals surface area contributed by atoms with Crippen LogP contribution in [0.15, 0.2) is 54.7 Å². The second kappa shape index (κ2) is 11.0. The zero-order valence-electron chi connectivity index (χ0n) is 22.9. The highest BCUT2D eigenvalue weighted by Crippen LogP contribution is 2.46. The molecule has 220 valence electrons. The van der Waals surface area contributed by atoms with Gasteiger partial charge < -0.3 is 24.8 Å². The minimum Gasteiger partial charge on any atom is -0.484 e. The van der Waals surface area contributed by atoms with E-state index in [-0.39, 0.29) is 23.3 Å². The fourth-order valence-electron chi connectivity index (χ4n) is 6.14. The van der Waals surface area contributed by atoms with Gasteiger partial charge >= 0.3 is 6.18 Å². The number of ether oxygens (including phenoxy) is 3. The van der Waals surface area contributed by atoms with Gasteiger partial charge in [-0.2, -0.15) is 13.2 Å². The molecule has 6 rings (SSSR count). The minimum atomic E-state index is -4.66. The molecule has 42 heavy (non-hydrogen) atoms. The Morgan fingerprint density at radius 2 is 1.86 bits per heavy atom. The molecule has 4 heterocycles. The predicted octanol–water partition coefficient (Wildman–Crippen LogP) is 5.86. The van der Waals surface area contributed by atoms with Crippen LogP contribution in [0.25, 0.3) is 11.1 Å². The normalized spacial score (nSPS) is 21.7. The van der Waals surface area contributed by atoms with Crippen LogP contribution in [0.3, 0.4) is 0 Å². The summed E-state index contributed by atoms with van der Waals surface area (Å²) in [6, 6.07) is 12.8. The van der Waals surface area contributed by atoms with Gasteiger partial charge in [-0.1, -0.05) is 12.1 Å². The number of carbonyl (C=O) groups excluding carboxylic acids is 2. The van der Waals surface area contributed by atoms with Crippen LogP contribution in [0.5, 0.6) is 5.75 Å². The number of aryl methyl sites for hydroxylation is 1. The third kappa shape index (κ3) is 5.46. The number of hydrogen-bond acceptors (Lipinski definition) is 6. The maximum absolute atomic E-state index is 13.6. The van der Waals surface area contributed by atoms with Crippen molar-refractivity contribution >= 4 is 23.2 Å². The van der Waals surface area contributed by atoms with Crippen LogP contribution in [0.1, 0.15) is 40.9 Å². The van der Waals surface area contributed by atoms with Gasteiger partial charge in [-0.25, -0.2) is 0 Å². The van der Waals surface area contributed by atoms with Crippen molar-refractivity contribution in [3.63, 3.8) is 0 Å². The SMILES string of the molecule is Cc1ccc(NC(=O)c2ccnc(C(F)(F)F)c2)cc1-c1ccc2c(c1)OC1(CCOCC1)[C@@H]([C@@H]1CCOC1)C(=O)N2. The molecule has 0 unspecified atom stereocenters. The van der Waals surface area contributed by atoms with Gasteiger partial charge in [-0.3, -0.25) is 14.6 Å². The molecule has 11 heteroatoms.